The Morgan fingerprint density at radius 1 is 1.33 bits per heavy atom. The first-order chi connectivity index (χ1) is 8.62. The third kappa shape index (κ3) is 2.94. The molecular formula is C13H15ClO4. The molecule has 1 saturated heterocycles. The second-order valence-electron chi connectivity index (χ2n) is 4.44. The van der Waals surface area contributed by atoms with Crippen LogP contribution in [0.3, 0.4) is 0 Å². The van der Waals surface area contributed by atoms with Crippen LogP contribution < -0.4 is 4.74 Å². The average molecular weight is 271 g/mol. The normalized spacial score (nSPS) is 18.3. The fourth-order valence-electron chi connectivity index (χ4n) is 1.93. The van der Waals surface area contributed by atoms with E-state index in [2.05, 4.69) is 0 Å². The number of carboxylic acid groups (broad SMARTS) is 1. The van der Waals surface area contributed by atoms with E-state index in [0.29, 0.717) is 36.8 Å². The summed E-state index contributed by atoms with van der Waals surface area (Å²) in [5.41, 5.74) is -0.835. The number of benzene rings is 1. The van der Waals surface area contributed by atoms with E-state index in [4.69, 9.17) is 21.1 Å². The first-order valence-corrected chi connectivity index (χ1v) is 6.20. The molecule has 1 aromatic rings. The Balaban J connectivity index is 2.01. The van der Waals surface area contributed by atoms with E-state index >= 15 is 0 Å². The topological polar surface area (TPSA) is 55.8 Å². The summed E-state index contributed by atoms with van der Waals surface area (Å²) in [4.78, 5) is 11.4. The van der Waals surface area contributed by atoms with E-state index in [0.717, 1.165) is 0 Å². The molecule has 18 heavy (non-hydrogen) atoms. The fraction of sp³-hybridized carbons (Fsp3) is 0.462. The summed E-state index contributed by atoms with van der Waals surface area (Å²) < 4.78 is 10.8. The molecule has 1 N–H and O–H groups in total. The van der Waals surface area contributed by atoms with Gasteiger partial charge < -0.3 is 14.6 Å². The molecule has 0 spiro atoms. The maximum atomic E-state index is 11.4. The van der Waals surface area contributed by atoms with Crippen molar-refractivity contribution < 1.29 is 19.4 Å². The van der Waals surface area contributed by atoms with Gasteiger partial charge in [-0.15, -0.1) is 0 Å². The van der Waals surface area contributed by atoms with Crippen LogP contribution in [-0.4, -0.2) is 30.9 Å². The quantitative estimate of drug-likeness (QED) is 0.914. The van der Waals surface area contributed by atoms with Gasteiger partial charge in [0, 0.05) is 18.2 Å². The molecule has 2 rings (SSSR count). The lowest BCUT2D eigenvalue weighted by atomic mass is 9.81. The summed E-state index contributed by atoms with van der Waals surface area (Å²) >= 11 is 5.77. The summed E-state index contributed by atoms with van der Waals surface area (Å²) in [6.45, 7) is 1.10. The molecule has 1 aromatic carbocycles. The van der Waals surface area contributed by atoms with E-state index in [1.54, 1.807) is 24.3 Å². The van der Waals surface area contributed by atoms with Crippen LogP contribution in [0, 0.1) is 5.41 Å². The second kappa shape index (κ2) is 5.59. The lowest BCUT2D eigenvalue weighted by Crippen LogP contribution is -2.42. The Morgan fingerprint density at radius 2 is 1.94 bits per heavy atom. The first kappa shape index (κ1) is 13.2. The molecule has 0 unspecified atom stereocenters. The van der Waals surface area contributed by atoms with Gasteiger partial charge in [-0.05, 0) is 37.1 Å². The fourth-order valence-corrected chi connectivity index (χ4v) is 2.06. The number of aliphatic carboxylic acids is 1. The van der Waals surface area contributed by atoms with Crippen molar-refractivity contribution in [1.82, 2.24) is 0 Å². The van der Waals surface area contributed by atoms with Gasteiger partial charge in [0.05, 0.1) is 0 Å². The van der Waals surface area contributed by atoms with Crippen LogP contribution in [0.2, 0.25) is 5.02 Å². The van der Waals surface area contributed by atoms with Crippen molar-refractivity contribution in [2.24, 2.45) is 5.41 Å². The Bertz CT molecular complexity index is 410. The van der Waals surface area contributed by atoms with Crippen LogP contribution in [0.5, 0.6) is 5.75 Å². The van der Waals surface area contributed by atoms with Crippen molar-refractivity contribution in [2.75, 3.05) is 19.8 Å². The highest BCUT2D eigenvalue weighted by molar-refractivity contribution is 6.30. The molecular weight excluding hydrogens is 256 g/mol. The van der Waals surface area contributed by atoms with E-state index in [-0.39, 0.29) is 6.61 Å². The summed E-state index contributed by atoms with van der Waals surface area (Å²) in [5.74, 6) is -0.189. The van der Waals surface area contributed by atoms with Gasteiger partial charge in [-0.3, -0.25) is 4.79 Å². The maximum absolute atomic E-state index is 11.4. The average Bonchev–Trinajstić information content (AvgIpc) is 2.39. The van der Waals surface area contributed by atoms with Crippen LogP contribution in [0.25, 0.3) is 0 Å². The number of ether oxygens (including phenoxy) is 2. The number of halogens is 1. The van der Waals surface area contributed by atoms with Crippen LogP contribution in [0.1, 0.15) is 12.8 Å². The van der Waals surface area contributed by atoms with Gasteiger partial charge in [0.15, 0.2) is 0 Å². The number of carboxylic acids is 1. The molecule has 98 valence electrons. The molecule has 1 fully saturated rings. The molecule has 0 saturated carbocycles. The van der Waals surface area contributed by atoms with Crippen LogP contribution in [0.4, 0.5) is 0 Å². The highest BCUT2D eigenvalue weighted by Crippen LogP contribution is 2.32. The number of hydrogen-bond acceptors (Lipinski definition) is 3. The third-order valence-electron chi connectivity index (χ3n) is 3.23. The highest BCUT2D eigenvalue weighted by Gasteiger charge is 2.41. The second-order valence-corrected chi connectivity index (χ2v) is 4.88. The minimum absolute atomic E-state index is 0.160. The SMILES string of the molecule is O=C(O)C1(COc2ccc(Cl)cc2)CCOCC1. The molecule has 0 bridgehead atoms. The van der Waals surface area contributed by atoms with Crippen LogP contribution >= 0.6 is 11.6 Å². The van der Waals surface area contributed by atoms with Gasteiger partial charge in [-0.25, -0.2) is 0 Å². The molecule has 0 atom stereocenters. The molecule has 0 aliphatic carbocycles. The molecule has 1 aliphatic heterocycles. The van der Waals surface area contributed by atoms with Gasteiger partial charge in [0.2, 0.25) is 0 Å². The Hall–Kier alpha value is -1.26. The van der Waals surface area contributed by atoms with E-state index < -0.39 is 11.4 Å². The molecule has 0 amide bonds. The lowest BCUT2D eigenvalue weighted by Gasteiger charge is -2.32. The van der Waals surface area contributed by atoms with Crippen molar-refractivity contribution in [3.05, 3.63) is 29.3 Å². The van der Waals surface area contributed by atoms with Gasteiger partial charge >= 0.3 is 5.97 Å². The number of carbonyl (C=O) groups is 1. The van der Waals surface area contributed by atoms with E-state index in [9.17, 15) is 9.90 Å². The summed E-state index contributed by atoms with van der Waals surface area (Å²) in [7, 11) is 0. The van der Waals surface area contributed by atoms with E-state index in [1.165, 1.54) is 0 Å². The molecule has 5 heteroatoms. The standard InChI is InChI=1S/C13H15ClO4/c14-10-1-3-11(4-2-10)18-9-13(12(15)16)5-7-17-8-6-13/h1-4H,5-9H2,(H,15,16). The zero-order valence-corrected chi connectivity index (χ0v) is 10.7. The zero-order chi connectivity index (χ0) is 13.0. The predicted molar refractivity (Wildman–Crippen MR) is 67.1 cm³/mol. The van der Waals surface area contributed by atoms with Gasteiger partial charge in [-0.2, -0.15) is 0 Å². The summed E-state index contributed by atoms with van der Waals surface area (Å²) in [5, 5.41) is 9.98. The van der Waals surface area contributed by atoms with Crippen LogP contribution in [0.15, 0.2) is 24.3 Å². The molecule has 0 radical (unpaired) electrons. The highest BCUT2D eigenvalue weighted by atomic mass is 35.5. The molecule has 4 nitrogen and oxygen atoms in total. The largest absolute Gasteiger partial charge is 0.492 e. The first-order valence-electron chi connectivity index (χ1n) is 5.82. The smallest absolute Gasteiger partial charge is 0.313 e. The summed E-state index contributed by atoms with van der Waals surface area (Å²) in [6.07, 6.45) is 0.964. The minimum atomic E-state index is -0.835. The van der Waals surface area contributed by atoms with E-state index in [1.807, 2.05) is 0 Å². The monoisotopic (exact) mass is 270 g/mol. The number of hydrogen-bond donors (Lipinski definition) is 1. The summed E-state index contributed by atoms with van der Waals surface area (Å²) in [6, 6.07) is 6.90. The van der Waals surface area contributed by atoms with Crippen molar-refractivity contribution in [2.45, 2.75) is 12.8 Å². The van der Waals surface area contributed by atoms with Crippen LogP contribution in [-0.2, 0) is 9.53 Å². The zero-order valence-electron chi connectivity index (χ0n) is 9.89. The Labute approximate surface area is 110 Å². The van der Waals surface area contributed by atoms with Gasteiger partial charge in [0.1, 0.15) is 17.8 Å². The van der Waals surface area contributed by atoms with Crippen molar-refractivity contribution in [3.63, 3.8) is 0 Å². The van der Waals surface area contributed by atoms with Gasteiger partial charge in [-0.1, -0.05) is 11.6 Å². The molecule has 1 aliphatic rings. The Kier molecular flexibility index (Phi) is 4.09. The lowest BCUT2D eigenvalue weighted by molar-refractivity contribution is -0.157. The van der Waals surface area contributed by atoms with Gasteiger partial charge in [0.25, 0.3) is 0 Å². The Morgan fingerprint density at radius 3 is 2.50 bits per heavy atom. The molecule has 1 heterocycles. The maximum Gasteiger partial charge on any atom is 0.313 e. The number of rotatable bonds is 4. The van der Waals surface area contributed by atoms with Crippen molar-refractivity contribution >= 4 is 17.6 Å². The minimum Gasteiger partial charge on any atom is -0.492 e. The van der Waals surface area contributed by atoms with Crippen molar-refractivity contribution in [3.8, 4) is 5.75 Å². The predicted octanol–water partition coefficient (Wildman–Crippen LogP) is 2.60. The molecule has 0 aromatic heterocycles. The van der Waals surface area contributed by atoms with Crippen molar-refractivity contribution in [1.29, 1.82) is 0 Å². The third-order valence-corrected chi connectivity index (χ3v) is 3.48.